The van der Waals surface area contributed by atoms with Crippen molar-refractivity contribution in [3.05, 3.63) is 0 Å². The van der Waals surface area contributed by atoms with Crippen molar-refractivity contribution in [3.63, 3.8) is 0 Å². The van der Waals surface area contributed by atoms with Gasteiger partial charge in [-0.25, -0.2) is 4.79 Å². The van der Waals surface area contributed by atoms with E-state index in [2.05, 4.69) is 10.6 Å². The molecule has 1 heterocycles. The second kappa shape index (κ2) is 7.31. The number of hydrogen-bond acceptors (Lipinski definition) is 3. The first-order chi connectivity index (χ1) is 10.4. The number of carbonyl (C=O) groups excluding carboxylic acids is 2. The lowest BCUT2D eigenvalue weighted by Crippen LogP contribution is -2.63. The Bertz CT molecular complexity index is 399. The highest BCUT2D eigenvalue weighted by molar-refractivity contribution is 5.91. The van der Waals surface area contributed by atoms with Crippen molar-refractivity contribution in [2.45, 2.75) is 70.0 Å². The molecule has 2 fully saturated rings. The van der Waals surface area contributed by atoms with Crippen molar-refractivity contribution in [1.29, 1.82) is 0 Å². The maximum Gasteiger partial charge on any atom is 0.315 e. The maximum absolute atomic E-state index is 13.1. The average molecular weight is 311 g/mol. The van der Waals surface area contributed by atoms with Gasteiger partial charge in [0.15, 0.2) is 0 Å². The van der Waals surface area contributed by atoms with Gasteiger partial charge in [0.25, 0.3) is 0 Å². The van der Waals surface area contributed by atoms with Gasteiger partial charge >= 0.3 is 6.03 Å². The molecule has 6 heteroatoms. The summed E-state index contributed by atoms with van der Waals surface area (Å²) in [4.78, 5) is 27.0. The summed E-state index contributed by atoms with van der Waals surface area (Å²) in [6, 6.07) is -0.0701. The third-order valence-electron chi connectivity index (χ3n) is 4.66. The van der Waals surface area contributed by atoms with Crippen molar-refractivity contribution in [1.82, 2.24) is 15.5 Å². The van der Waals surface area contributed by atoms with Crippen LogP contribution in [0.3, 0.4) is 0 Å². The second-order valence-corrected chi connectivity index (χ2v) is 6.83. The number of hydrogen-bond donors (Lipinski definition) is 2. The number of likely N-dealkylation sites (N-methyl/N-ethyl adjacent to an activating group) is 1. The molecule has 0 bridgehead atoms. The SMILES string of the molecule is CC(C)NC(=O)NC1(C(=O)N(C)[C@H]2CCOC2)CCCCC1. The number of carbonyl (C=O) groups is 2. The molecule has 1 saturated carbocycles. The van der Waals surface area contributed by atoms with Gasteiger partial charge in [0, 0.05) is 19.7 Å². The molecule has 0 aromatic carbocycles. The molecule has 1 aliphatic carbocycles. The molecule has 2 aliphatic rings. The van der Waals surface area contributed by atoms with Crippen LogP contribution in [0.2, 0.25) is 0 Å². The predicted molar refractivity (Wildman–Crippen MR) is 84.6 cm³/mol. The van der Waals surface area contributed by atoms with Crippen molar-refractivity contribution in [3.8, 4) is 0 Å². The molecule has 2 rings (SSSR count). The van der Waals surface area contributed by atoms with E-state index in [0.29, 0.717) is 13.2 Å². The Morgan fingerprint density at radius 1 is 1.23 bits per heavy atom. The third kappa shape index (κ3) is 3.91. The van der Waals surface area contributed by atoms with Gasteiger partial charge in [-0.2, -0.15) is 0 Å². The number of nitrogens with one attached hydrogen (secondary N) is 2. The maximum atomic E-state index is 13.1. The van der Waals surface area contributed by atoms with E-state index < -0.39 is 5.54 Å². The fraction of sp³-hybridized carbons (Fsp3) is 0.875. The van der Waals surface area contributed by atoms with Crippen molar-refractivity contribution < 1.29 is 14.3 Å². The Kier molecular flexibility index (Phi) is 5.67. The largest absolute Gasteiger partial charge is 0.379 e. The fourth-order valence-corrected chi connectivity index (χ4v) is 3.39. The van der Waals surface area contributed by atoms with E-state index in [1.165, 1.54) is 0 Å². The van der Waals surface area contributed by atoms with E-state index in [0.717, 1.165) is 38.5 Å². The van der Waals surface area contributed by atoms with Crippen LogP contribution in [-0.4, -0.2) is 54.7 Å². The van der Waals surface area contributed by atoms with Crippen LogP contribution in [-0.2, 0) is 9.53 Å². The first-order valence-corrected chi connectivity index (χ1v) is 8.38. The summed E-state index contributed by atoms with van der Waals surface area (Å²) < 4.78 is 5.39. The smallest absolute Gasteiger partial charge is 0.315 e. The van der Waals surface area contributed by atoms with E-state index in [4.69, 9.17) is 4.74 Å². The summed E-state index contributed by atoms with van der Waals surface area (Å²) in [7, 11) is 1.83. The van der Waals surface area contributed by atoms with Gasteiger partial charge in [0.05, 0.1) is 12.6 Å². The molecule has 1 saturated heterocycles. The zero-order valence-electron chi connectivity index (χ0n) is 14.0. The Morgan fingerprint density at radius 3 is 2.45 bits per heavy atom. The summed E-state index contributed by atoms with van der Waals surface area (Å²) >= 11 is 0. The van der Waals surface area contributed by atoms with Crippen molar-refractivity contribution >= 4 is 11.9 Å². The third-order valence-corrected chi connectivity index (χ3v) is 4.66. The van der Waals surface area contributed by atoms with Gasteiger partial charge in [-0.1, -0.05) is 19.3 Å². The standard InChI is InChI=1S/C16H29N3O3/c1-12(2)17-15(21)18-16(8-5-4-6-9-16)14(20)19(3)13-7-10-22-11-13/h12-13H,4-11H2,1-3H3,(H2,17,18,21)/t13-/m0/s1. The quantitative estimate of drug-likeness (QED) is 0.829. The monoisotopic (exact) mass is 311 g/mol. The number of ether oxygens (including phenoxy) is 1. The molecule has 1 aliphatic heterocycles. The zero-order chi connectivity index (χ0) is 16.2. The first kappa shape index (κ1) is 17.1. The Balaban J connectivity index is 2.09. The summed E-state index contributed by atoms with van der Waals surface area (Å²) in [6.07, 6.45) is 5.38. The first-order valence-electron chi connectivity index (χ1n) is 8.38. The lowest BCUT2D eigenvalue weighted by atomic mass is 9.80. The fourth-order valence-electron chi connectivity index (χ4n) is 3.39. The minimum absolute atomic E-state index is 0.0293. The average Bonchev–Trinajstić information content (AvgIpc) is 2.99. The molecule has 0 aromatic rings. The lowest BCUT2D eigenvalue weighted by molar-refractivity contribution is -0.140. The van der Waals surface area contributed by atoms with Crippen LogP contribution in [0.25, 0.3) is 0 Å². The number of amides is 3. The van der Waals surface area contributed by atoms with E-state index in [9.17, 15) is 9.59 Å². The predicted octanol–water partition coefficient (Wildman–Crippen LogP) is 1.64. The number of urea groups is 1. The minimum atomic E-state index is -0.755. The van der Waals surface area contributed by atoms with Crippen LogP contribution < -0.4 is 10.6 Å². The normalized spacial score (nSPS) is 24.1. The van der Waals surface area contributed by atoms with Crippen LogP contribution >= 0.6 is 0 Å². The van der Waals surface area contributed by atoms with Gasteiger partial charge in [0.1, 0.15) is 5.54 Å². The summed E-state index contributed by atoms with van der Waals surface area (Å²) in [6.45, 7) is 5.13. The Labute approximate surface area is 132 Å². The molecule has 0 spiro atoms. The summed E-state index contributed by atoms with van der Waals surface area (Å²) in [5.74, 6) is 0.0293. The molecule has 22 heavy (non-hydrogen) atoms. The zero-order valence-corrected chi connectivity index (χ0v) is 14.0. The molecule has 3 amide bonds. The van der Waals surface area contributed by atoms with Gasteiger partial charge in [-0.15, -0.1) is 0 Å². The highest BCUT2D eigenvalue weighted by Gasteiger charge is 2.44. The highest BCUT2D eigenvalue weighted by atomic mass is 16.5. The summed E-state index contributed by atoms with van der Waals surface area (Å²) in [5.41, 5.74) is -0.755. The molecule has 1 atom stereocenters. The van der Waals surface area contributed by atoms with Crippen molar-refractivity contribution in [2.24, 2.45) is 0 Å². The molecule has 126 valence electrons. The van der Waals surface area contributed by atoms with E-state index in [-0.39, 0.29) is 24.0 Å². The minimum Gasteiger partial charge on any atom is -0.379 e. The van der Waals surface area contributed by atoms with Gasteiger partial charge < -0.3 is 20.3 Å². The van der Waals surface area contributed by atoms with Crippen LogP contribution in [0.5, 0.6) is 0 Å². The Morgan fingerprint density at radius 2 is 1.91 bits per heavy atom. The van der Waals surface area contributed by atoms with E-state index in [1.807, 2.05) is 20.9 Å². The topological polar surface area (TPSA) is 70.7 Å². The van der Waals surface area contributed by atoms with E-state index >= 15 is 0 Å². The van der Waals surface area contributed by atoms with Crippen molar-refractivity contribution in [2.75, 3.05) is 20.3 Å². The van der Waals surface area contributed by atoms with Gasteiger partial charge in [-0.05, 0) is 33.1 Å². The molecule has 2 N–H and O–H groups in total. The molecular weight excluding hydrogens is 282 g/mol. The van der Waals surface area contributed by atoms with E-state index in [1.54, 1.807) is 4.90 Å². The molecule has 6 nitrogen and oxygen atoms in total. The lowest BCUT2D eigenvalue weighted by Gasteiger charge is -2.40. The van der Waals surface area contributed by atoms with Gasteiger partial charge in [0.2, 0.25) is 5.91 Å². The number of rotatable bonds is 4. The van der Waals surface area contributed by atoms with Crippen LogP contribution in [0.15, 0.2) is 0 Å². The van der Waals surface area contributed by atoms with Crippen LogP contribution in [0, 0.1) is 0 Å². The molecular formula is C16H29N3O3. The second-order valence-electron chi connectivity index (χ2n) is 6.83. The molecule has 0 aromatic heterocycles. The number of nitrogens with zero attached hydrogens (tertiary/aromatic N) is 1. The van der Waals surface area contributed by atoms with Gasteiger partial charge in [-0.3, -0.25) is 4.79 Å². The Hall–Kier alpha value is -1.30. The summed E-state index contributed by atoms with van der Waals surface area (Å²) in [5, 5.41) is 5.82. The van der Waals surface area contributed by atoms with Crippen LogP contribution in [0.1, 0.15) is 52.4 Å². The van der Waals surface area contributed by atoms with Crippen LogP contribution in [0.4, 0.5) is 4.79 Å². The highest BCUT2D eigenvalue weighted by Crippen LogP contribution is 2.31. The molecule has 0 radical (unpaired) electrons. The molecule has 0 unspecified atom stereocenters.